The Hall–Kier alpha value is -1.76. The van der Waals surface area contributed by atoms with Crippen LogP contribution in [0.1, 0.15) is 11.1 Å². The lowest BCUT2D eigenvalue weighted by Gasteiger charge is -2.15. The average Bonchev–Trinajstić information content (AvgIpc) is 2.49. The molecule has 0 aliphatic rings. The number of benzene rings is 2. The predicted molar refractivity (Wildman–Crippen MR) is 92.0 cm³/mol. The molecule has 0 aromatic heterocycles. The molecule has 0 saturated heterocycles. The van der Waals surface area contributed by atoms with E-state index in [-0.39, 0.29) is 18.1 Å². The number of amides is 1. The summed E-state index contributed by atoms with van der Waals surface area (Å²) < 4.78 is 38.1. The van der Waals surface area contributed by atoms with E-state index in [1.807, 2.05) is 0 Å². The fourth-order valence-electron chi connectivity index (χ4n) is 2.31. The summed E-state index contributed by atoms with van der Waals surface area (Å²) in [6.07, 6.45) is -4.45. The third kappa shape index (κ3) is 5.92. The highest BCUT2D eigenvalue weighted by molar-refractivity contribution is 6.35. The van der Waals surface area contributed by atoms with Gasteiger partial charge in [-0.15, -0.1) is 0 Å². The summed E-state index contributed by atoms with van der Waals surface area (Å²) in [5.41, 5.74) is 0.131. The van der Waals surface area contributed by atoms with Crippen LogP contribution in [0.3, 0.4) is 0 Å². The first-order valence-electron chi connectivity index (χ1n) is 7.37. The number of alkyl halides is 3. The molecule has 0 aliphatic carbocycles. The predicted octanol–water partition coefficient (Wildman–Crippen LogP) is 3.67. The third-order valence-corrected chi connectivity index (χ3v) is 4.03. The molecule has 0 aliphatic heterocycles. The lowest BCUT2D eigenvalue weighted by atomic mass is 10.2. The molecule has 134 valence electrons. The summed E-state index contributed by atoms with van der Waals surface area (Å²) in [5.74, 6) is -0.387. The van der Waals surface area contributed by atoms with Crippen LogP contribution in [0.2, 0.25) is 10.0 Å². The van der Waals surface area contributed by atoms with E-state index in [1.54, 1.807) is 25.2 Å². The van der Waals surface area contributed by atoms with Gasteiger partial charge in [0.15, 0.2) is 6.54 Å². The van der Waals surface area contributed by atoms with E-state index in [2.05, 4.69) is 5.32 Å². The van der Waals surface area contributed by atoms with Crippen molar-refractivity contribution in [2.75, 3.05) is 18.9 Å². The van der Waals surface area contributed by atoms with E-state index < -0.39 is 11.7 Å². The molecule has 1 amide bonds. The number of carbonyl (C=O) groups is 1. The molecule has 0 bridgehead atoms. The van der Waals surface area contributed by atoms with Crippen molar-refractivity contribution in [3.63, 3.8) is 0 Å². The van der Waals surface area contributed by atoms with Gasteiger partial charge in [0.1, 0.15) is 6.54 Å². The Morgan fingerprint density at radius 3 is 2.52 bits per heavy atom. The Morgan fingerprint density at radius 2 is 1.88 bits per heavy atom. The van der Waals surface area contributed by atoms with Gasteiger partial charge in [0.2, 0.25) is 0 Å². The van der Waals surface area contributed by atoms with Crippen molar-refractivity contribution in [2.45, 2.75) is 12.7 Å². The summed E-state index contributed by atoms with van der Waals surface area (Å²) >= 11 is 11.9. The normalized spacial score (nSPS) is 12.7. The molecule has 8 heteroatoms. The molecule has 2 rings (SSSR count). The molecule has 2 aromatic carbocycles. The number of nitrogens with one attached hydrogen (secondary N) is 2. The van der Waals surface area contributed by atoms with E-state index in [0.717, 1.165) is 22.6 Å². The molecule has 0 fully saturated rings. The number of hydrogen-bond donors (Lipinski definition) is 2. The summed E-state index contributed by atoms with van der Waals surface area (Å²) in [4.78, 5) is 12.9. The van der Waals surface area contributed by atoms with Gasteiger partial charge >= 0.3 is 6.18 Å². The fourth-order valence-corrected chi connectivity index (χ4v) is 2.78. The van der Waals surface area contributed by atoms with Crippen molar-refractivity contribution in [1.82, 2.24) is 0 Å². The molecule has 0 spiro atoms. The Kier molecular flexibility index (Phi) is 6.32. The minimum absolute atomic E-state index is 0.0786. The van der Waals surface area contributed by atoms with Crippen LogP contribution >= 0.6 is 23.2 Å². The second-order valence-corrected chi connectivity index (χ2v) is 6.52. The second kappa shape index (κ2) is 8.08. The van der Waals surface area contributed by atoms with Gasteiger partial charge in [-0.2, -0.15) is 13.2 Å². The highest BCUT2D eigenvalue weighted by Crippen LogP contribution is 2.30. The van der Waals surface area contributed by atoms with Crippen molar-refractivity contribution in [2.24, 2.45) is 0 Å². The van der Waals surface area contributed by atoms with Crippen LogP contribution in [-0.2, 0) is 17.5 Å². The number of anilines is 1. The van der Waals surface area contributed by atoms with Gasteiger partial charge in [0.05, 0.1) is 17.6 Å². The zero-order valence-electron chi connectivity index (χ0n) is 13.3. The zero-order valence-corrected chi connectivity index (χ0v) is 14.8. The van der Waals surface area contributed by atoms with Crippen LogP contribution in [-0.4, -0.2) is 19.5 Å². The van der Waals surface area contributed by atoms with Crippen molar-refractivity contribution in [3.8, 4) is 0 Å². The van der Waals surface area contributed by atoms with E-state index in [1.165, 1.54) is 12.1 Å². The number of likely N-dealkylation sites (N-methyl/N-ethyl adjacent to an activating group) is 1. The Labute approximate surface area is 153 Å². The van der Waals surface area contributed by atoms with E-state index in [9.17, 15) is 18.0 Å². The van der Waals surface area contributed by atoms with Crippen molar-refractivity contribution in [3.05, 3.63) is 63.6 Å². The summed E-state index contributed by atoms with van der Waals surface area (Å²) in [6, 6.07) is 9.63. The Morgan fingerprint density at radius 1 is 1.16 bits per heavy atom. The van der Waals surface area contributed by atoms with Gasteiger partial charge in [-0.3, -0.25) is 4.79 Å². The standard InChI is InChI=1S/C17H15Cl2F3N2O/c1-24(9-11-5-6-13(18)8-15(11)19)10-16(25)23-14-4-2-3-12(7-14)17(20,21)22/h2-8H,9-10H2,1H3,(H,23,25)/p+1. The molecule has 0 saturated carbocycles. The van der Waals surface area contributed by atoms with Gasteiger partial charge in [-0.05, 0) is 30.3 Å². The fraction of sp³-hybridized carbons (Fsp3) is 0.235. The highest BCUT2D eigenvalue weighted by Gasteiger charge is 2.30. The molecule has 1 atom stereocenters. The molecule has 2 aromatic rings. The minimum Gasteiger partial charge on any atom is -0.326 e. The first-order valence-corrected chi connectivity index (χ1v) is 8.13. The van der Waals surface area contributed by atoms with Gasteiger partial charge in [0, 0.05) is 16.3 Å². The average molecular weight is 392 g/mol. The molecule has 3 nitrogen and oxygen atoms in total. The number of rotatable bonds is 5. The van der Waals surface area contributed by atoms with Crippen LogP contribution < -0.4 is 10.2 Å². The maximum absolute atomic E-state index is 12.7. The van der Waals surface area contributed by atoms with Crippen LogP contribution in [0.5, 0.6) is 0 Å². The first-order chi connectivity index (χ1) is 11.6. The number of halogens is 5. The third-order valence-electron chi connectivity index (χ3n) is 3.44. The van der Waals surface area contributed by atoms with E-state index in [0.29, 0.717) is 16.6 Å². The lowest BCUT2D eigenvalue weighted by molar-refractivity contribution is -0.885. The largest absolute Gasteiger partial charge is 0.416 e. The number of carbonyl (C=O) groups excluding carboxylic acids is 1. The minimum atomic E-state index is -4.45. The van der Waals surface area contributed by atoms with Gasteiger partial charge in [0.25, 0.3) is 5.91 Å². The van der Waals surface area contributed by atoms with Crippen LogP contribution in [0.25, 0.3) is 0 Å². The monoisotopic (exact) mass is 391 g/mol. The number of quaternary nitrogens is 1. The molecule has 1 unspecified atom stereocenters. The summed E-state index contributed by atoms with van der Waals surface area (Å²) in [5, 5.41) is 3.51. The zero-order chi connectivity index (χ0) is 18.6. The maximum atomic E-state index is 12.7. The van der Waals surface area contributed by atoms with Crippen molar-refractivity contribution >= 4 is 34.8 Å². The molecule has 0 heterocycles. The molecule has 0 radical (unpaired) electrons. The Balaban J connectivity index is 1.95. The lowest BCUT2D eigenvalue weighted by Crippen LogP contribution is -3.08. The maximum Gasteiger partial charge on any atom is 0.416 e. The van der Waals surface area contributed by atoms with Crippen LogP contribution in [0, 0.1) is 0 Å². The SMILES string of the molecule is C[NH+](CC(=O)Nc1cccc(C(F)(F)F)c1)Cc1ccc(Cl)cc1Cl. The van der Waals surface area contributed by atoms with Crippen LogP contribution in [0.15, 0.2) is 42.5 Å². The van der Waals surface area contributed by atoms with Gasteiger partial charge in [-0.25, -0.2) is 0 Å². The molecule has 25 heavy (non-hydrogen) atoms. The van der Waals surface area contributed by atoms with Crippen molar-refractivity contribution in [1.29, 1.82) is 0 Å². The van der Waals surface area contributed by atoms with Crippen molar-refractivity contribution < 1.29 is 22.9 Å². The molecule has 2 N–H and O–H groups in total. The topological polar surface area (TPSA) is 33.5 Å². The second-order valence-electron chi connectivity index (χ2n) is 5.67. The molecular weight excluding hydrogens is 376 g/mol. The quantitative estimate of drug-likeness (QED) is 0.800. The van der Waals surface area contributed by atoms with Crippen LogP contribution in [0.4, 0.5) is 18.9 Å². The van der Waals surface area contributed by atoms with Gasteiger partial charge in [-0.1, -0.05) is 35.3 Å². The Bertz CT molecular complexity index is 766. The first kappa shape index (κ1) is 19.6. The van der Waals surface area contributed by atoms with E-state index >= 15 is 0 Å². The smallest absolute Gasteiger partial charge is 0.326 e. The summed E-state index contributed by atoms with van der Waals surface area (Å²) in [6.45, 7) is 0.557. The summed E-state index contributed by atoms with van der Waals surface area (Å²) in [7, 11) is 1.79. The van der Waals surface area contributed by atoms with Gasteiger partial charge < -0.3 is 10.2 Å². The van der Waals surface area contributed by atoms with E-state index in [4.69, 9.17) is 23.2 Å². The highest BCUT2D eigenvalue weighted by atomic mass is 35.5. The molecular formula is C17H16Cl2F3N2O+. The number of hydrogen-bond acceptors (Lipinski definition) is 1.